The van der Waals surface area contributed by atoms with Crippen LogP contribution in [-0.4, -0.2) is 35.0 Å². The maximum atomic E-state index is 12.8. The third-order valence-corrected chi connectivity index (χ3v) is 4.75. The van der Waals surface area contributed by atoms with Crippen molar-refractivity contribution in [2.75, 3.05) is 10.2 Å². The van der Waals surface area contributed by atoms with Crippen molar-refractivity contribution in [2.45, 2.75) is 39.3 Å². The molecule has 1 aliphatic rings. The Morgan fingerprint density at radius 3 is 2.50 bits per heavy atom. The van der Waals surface area contributed by atoms with E-state index in [1.807, 2.05) is 31.2 Å². The summed E-state index contributed by atoms with van der Waals surface area (Å²) in [5.41, 5.74) is 2.06. The SMILES string of the molecule is CCc1ccc(NC(=O)C(C)N2C(=O)C(C)Oc3ccc(C(=O)O)cc32)cc1. The minimum absolute atomic E-state index is 0.0115. The van der Waals surface area contributed by atoms with Gasteiger partial charge in [0.15, 0.2) is 6.10 Å². The topological polar surface area (TPSA) is 95.9 Å². The molecule has 0 fully saturated rings. The molecule has 0 aromatic heterocycles. The van der Waals surface area contributed by atoms with Gasteiger partial charge in [-0.05, 0) is 56.2 Å². The Morgan fingerprint density at radius 2 is 1.89 bits per heavy atom. The summed E-state index contributed by atoms with van der Waals surface area (Å²) in [7, 11) is 0. The first kappa shape index (κ1) is 19.4. The molecule has 2 atom stereocenters. The molecule has 3 rings (SSSR count). The van der Waals surface area contributed by atoms with E-state index in [2.05, 4.69) is 5.32 Å². The average molecular weight is 382 g/mol. The smallest absolute Gasteiger partial charge is 0.335 e. The van der Waals surface area contributed by atoms with Gasteiger partial charge < -0.3 is 15.2 Å². The Hall–Kier alpha value is -3.35. The van der Waals surface area contributed by atoms with Crippen LogP contribution >= 0.6 is 0 Å². The predicted octanol–water partition coefficient (Wildman–Crippen LogP) is 3.09. The summed E-state index contributed by atoms with van der Waals surface area (Å²) in [6.07, 6.45) is 0.121. The number of nitrogens with one attached hydrogen (secondary N) is 1. The second-order valence-corrected chi connectivity index (χ2v) is 6.67. The highest BCUT2D eigenvalue weighted by Crippen LogP contribution is 2.36. The Bertz CT molecular complexity index is 923. The van der Waals surface area contributed by atoms with Crippen molar-refractivity contribution in [3.8, 4) is 5.75 Å². The third kappa shape index (κ3) is 3.69. The van der Waals surface area contributed by atoms with Gasteiger partial charge in [-0.3, -0.25) is 14.5 Å². The van der Waals surface area contributed by atoms with Crippen LogP contribution in [0.15, 0.2) is 42.5 Å². The van der Waals surface area contributed by atoms with Crippen molar-refractivity contribution in [3.05, 3.63) is 53.6 Å². The van der Waals surface area contributed by atoms with Gasteiger partial charge >= 0.3 is 5.97 Å². The first-order valence-electron chi connectivity index (χ1n) is 9.08. The van der Waals surface area contributed by atoms with Gasteiger partial charge in [-0.1, -0.05) is 19.1 Å². The fourth-order valence-corrected chi connectivity index (χ4v) is 3.08. The van der Waals surface area contributed by atoms with E-state index in [4.69, 9.17) is 4.74 Å². The van der Waals surface area contributed by atoms with Crippen LogP contribution in [0.3, 0.4) is 0 Å². The van der Waals surface area contributed by atoms with Crippen molar-refractivity contribution in [3.63, 3.8) is 0 Å². The lowest BCUT2D eigenvalue weighted by atomic mass is 10.1. The first-order valence-corrected chi connectivity index (χ1v) is 9.08. The molecule has 0 bridgehead atoms. The number of anilines is 2. The number of ether oxygens (including phenoxy) is 1. The molecule has 0 saturated heterocycles. The number of hydrogen-bond acceptors (Lipinski definition) is 4. The monoisotopic (exact) mass is 382 g/mol. The lowest BCUT2D eigenvalue weighted by Crippen LogP contribution is -2.52. The Morgan fingerprint density at radius 1 is 1.21 bits per heavy atom. The summed E-state index contributed by atoms with van der Waals surface area (Å²) in [4.78, 5) is 38.1. The molecule has 0 radical (unpaired) electrons. The molecular weight excluding hydrogens is 360 g/mol. The number of carbonyl (C=O) groups excluding carboxylic acids is 2. The molecule has 0 aliphatic carbocycles. The second-order valence-electron chi connectivity index (χ2n) is 6.67. The van der Waals surface area contributed by atoms with Gasteiger partial charge in [-0.25, -0.2) is 4.79 Å². The molecule has 2 N–H and O–H groups in total. The van der Waals surface area contributed by atoms with Crippen molar-refractivity contribution < 1.29 is 24.2 Å². The zero-order chi connectivity index (χ0) is 20.4. The molecule has 7 heteroatoms. The van der Waals surface area contributed by atoms with Gasteiger partial charge in [-0.15, -0.1) is 0 Å². The lowest BCUT2D eigenvalue weighted by Gasteiger charge is -2.36. The van der Waals surface area contributed by atoms with Crippen LogP contribution in [0.25, 0.3) is 0 Å². The van der Waals surface area contributed by atoms with Crippen molar-refractivity contribution in [2.24, 2.45) is 0 Å². The number of aryl methyl sites for hydroxylation is 1. The molecule has 146 valence electrons. The molecule has 2 amide bonds. The summed E-state index contributed by atoms with van der Waals surface area (Å²) in [6.45, 7) is 5.24. The molecule has 1 aliphatic heterocycles. The van der Waals surface area contributed by atoms with E-state index in [0.29, 0.717) is 11.4 Å². The highest BCUT2D eigenvalue weighted by molar-refractivity contribution is 6.08. The van der Waals surface area contributed by atoms with Crippen molar-refractivity contribution in [1.82, 2.24) is 0 Å². The molecular formula is C21H22N2O5. The average Bonchev–Trinajstić information content (AvgIpc) is 2.68. The fourth-order valence-electron chi connectivity index (χ4n) is 3.08. The van der Waals surface area contributed by atoms with Crippen LogP contribution in [-0.2, 0) is 16.0 Å². The van der Waals surface area contributed by atoms with E-state index in [1.54, 1.807) is 13.8 Å². The Labute approximate surface area is 162 Å². The summed E-state index contributed by atoms with van der Waals surface area (Å²) < 4.78 is 5.57. The maximum Gasteiger partial charge on any atom is 0.335 e. The second kappa shape index (κ2) is 7.72. The van der Waals surface area contributed by atoms with Crippen LogP contribution in [0, 0.1) is 0 Å². The van der Waals surface area contributed by atoms with E-state index in [1.165, 1.54) is 23.1 Å². The van der Waals surface area contributed by atoms with Gasteiger partial charge in [0.1, 0.15) is 11.8 Å². The minimum Gasteiger partial charge on any atom is -0.479 e. The number of carboxylic acid groups (broad SMARTS) is 1. The van der Waals surface area contributed by atoms with Crippen molar-refractivity contribution >= 4 is 29.2 Å². The number of hydrogen-bond donors (Lipinski definition) is 2. The summed E-state index contributed by atoms with van der Waals surface area (Å²) in [6, 6.07) is 10.9. The van der Waals surface area contributed by atoms with Crippen LogP contribution in [0.4, 0.5) is 11.4 Å². The predicted molar refractivity (Wildman–Crippen MR) is 105 cm³/mol. The molecule has 7 nitrogen and oxygen atoms in total. The van der Waals surface area contributed by atoms with E-state index >= 15 is 0 Å². The largest absolute Gasteiger partial charge is 0.479 e. The van der Waals surface area contributed by atoms with Gasteiger partial charge in [0.2, 0.25) is 5.91 Å². The molecule has 2 unspecified atom stereocenters. The first-order chi connectivity index (χ1) is 13.3. The number of nitrogens with zero attached hydrogens (tertiary/aromatic N) is 1. The van der Waals surface area contributed by atoms with Gasteiger partial charge in [0, 0.05) is 5.69 Å². The van der Waals surface area contributed by atoms with E-state index < -0.39 is 24.0 Å². The van der Waals surface area contributed by atoms with Crippen LogP contribution in [0.5, 0.6) is 5.75 Å². The Balaban J connectivity index is 1.89. The fraction of sp³-hybridized carbons (Fsp3) is 0.286. The van der Waals surface area contributed by atoms with Crippen LogP contribution in [0.2, 0.25) is 0 Å². The van der Waals surface area contributed by atoms with Gasteiger partial charge in [0.25, 0.3) is 5.91 Å². The highest BCUT2D eigenvalue weighted by atomic mass is 16.5. The van der Waals surface area contributed by atoms with Crippen LogP contribution < -0.4 is 15.0 Å². The number of carboxylic acids is 1. The molecule has 0 saturated carbocycles. The molecule has 2 aromatic rings. The van der Waals surface area contributed by atoms with E-state index in [9.17, 15) is 19.5 Å². The van der Waals surface area contributed by atoms with Crippen LogP contribution in [0.1, 0.15) is 36.7 Å². The number of fused-ring (bicyclic) bond motifs is 1. The molecule has 2 aromatic carbocycles. The lowest BCUT2D eigenvalue weighted by molar-refractivity contribution is -0.128. The van der Waals surface area contributed by atoms with Gasteiger partial charge in [0.05, 0.1) is 11.3 Å². The number of carbonyl (C=O) groups is 3. The number of rotatable bonds is 5. The normalized spacial score (nSPS) is 16.8. The zero-order valence-corrected chi connectivity index (χ0v) is 15.9. The molecule has 1 heterocycles. The summed E-state index contributed by atoms with van der Waals surface area (Å²) in [5.74, 6) is -1.54. The minimum atomic E-state index is -1.12. The maximum absolute atomic E-state index is 12.8. The third-order valence-electron chi connectivity index (χ3n) is 4.75. The zero-order valence-electron chi connectivity index (χ0n) is 15.9. The summed E-state index contributed by atoms with van der Waals surface area (Å²) in [5, 5.41) is 12.1. The number of aromatic carboxylic acids is 1. The van der Waals surface area contributed by atoms with Gasteiger partial charge in [-0.2, -0.15) is 0 Å². The number of benzene rings is 2. The molecule has 0 spiro atoms. The summed E-state index contributed by atoms with van der Waals surface area (Å²) >= 11 is 0. The Kier molecular flexibility index (Phi) is 5.35. The van der Waals surface area contributed by atoms with E-state index in [0.717, 1.165) is 12.0 Å². The van der Waals surface area contributed by atoms with E-state index in [-0.39, 0.29) is 17.2 Å². The van der Waals surface area contributed by atoms with Crippen molar-refractivity contribution in [1.29, 1.82) is 0 Å². The molecule has 28 heavy (non-hydrogen) atoms. The number of amides is 2. The highest BCUT2D eigenvalue weighted by Gasteiger charge is 2.37. The quantitative estimate of drug-likeness (QED) is 0.828. The standard InChI is InChI=1S/C21H22N2O5/c1-4-14-5-8-16(9-6-14)22-19(24)12(2)23-17-11-15(21(26)27)7-10-18(17)28-13(3)20(23)25/h5-13H,4H2,1-3H3,(H,22,24)(H,26,27).